The maximum Gasteiger partial charge on any atom is 0.251 e. The lowest BCUT2D eigenvalue weighted by Gasteiger charge is -2.32. The molecule has 1 heterocycles. The summed E-state index contributed by atoms with van der Waals surface area (Å²) in [6.07, 6.45) is 3.66. The zero-order valence-corrected chi connectivity index (χ0v) is 15.6. The molecular weight excluding hydrogens is 316 g/mol. The van der Waals surface area contributed by atoms with Gasteiger partial charge < -0.3 is 15.0 Å². The molecule has 138 valence electrons. The van der Waals surface area contributed by atoms with E-state index < -0.39 is 0 Å². The smallest absolute Gasteiger partial charge is 0.251 e. The largest absolute Gasteiger partial charge is 0.493 e. The first-order valence-corrected chi connectivity index (χ1v) is 9.31. The SMILES string of the molecule is CCCC(=O)N1CCCC(COc2ccc(C(=O)NC(C)C)cc2)C1. The summed E-state index contributed by atoms with van der Waals surface area (Å²) in [5.41, 5.74) is 0.634. The van der Waals surface area contributed by atoms with Gasteiger partial charge in [-0.3, -0.25) is 9.59 Å². The Hall–Kier alpha value is -2.04. The summed E-state index contributed by atoms with van der Waals surface area (Å²) in [5, 5.41) is 2.87. The number of amides is 2. The van der Waals surface area contributed by atoms with Crippen LogP contribution in [-0.2, 0) is 4.79 Å². The number of carbonyl (C=O) groups excluding carboxylic acids is 2. The summed E-state index contributed by atoms with van der Waals surface area (Å²) in [6, 6.07) is 7.35. The minimum atomic E-state index is -0.0705. The van der Waals surface area contributed by atoms with Crippen LogP contribution < -0.4 is 10.1 Å². The molecular formula is C20H30N2O3. The molecule has 0 aliphatic carbocycles. The van der Waals surface area contributed by atoms with Gasteiger partial charge in [0, 0.05) is 37.0 Å². The maximum atomic E-state index is 12.0. The Morgan fingerprint density at radius 1 is 1.28 bits per heavy atom. The molecule has 1 atom stereocenters. The Kier molecular flexibility index (Phi) is 7.29. The fourth-order valence-electron chi connectivity index (χ4n) is 3.06. The number of hydrogen-bond donors (Lipinski definition) is 1. The molecule has 2 amide bonds. The lowest BCUT2D eigenvalue weighted by Crippen LogP contribution is -2.41. The van der Waals surface area contributed by atoms with Gasteiger partial charge in [-0.2, -0.15) is 0 Å². The lowest BCUT2D eigenvalue weighted by molar-refractivity contribution is -0.133. The van der Waals surface area contributed by atoms with Crippen molar-refractivity contribution in [2.24, 2.45) is 5.92 Å². The molecule has 5 nitrogen and oxygen atoms in total. The number of benzene rings is 1. The third-order valence-electron chi connectivity index (χ3n) is 4.36. The standard InChI is InChI=1S/C20H30N2O3/c1-4-6-19(23)22-12-5-7-16(13-22)14-25-18-10-8-17(9-11-18)20(24)21-15(2)3/h8-11,15-16H,4-7,12-14H2,1-3H3,(H,21,24). The van der Waals surface area contributed by atoms with Gasteiger partial charge in [-0.05, 0) is 57.4 Å². The molecule has 1 aliphatic heterocycles. The van der Waals surface area contributed by atoms with Gasteiger partial charge in [0.05, 0.1) is 6.61 Å². The van der Waals surface area contributed by atoms with Crippen LogP contribution in [-0.4, -0.2) is 42.5 Å². The summed E-state index contributed by atoms with van der Waals surface area (Å²) < 4.78 is 5.88. The first-order valence-electron chi connectivity index (χ1n) is 9.31. The fourth-order valence-corrected chi connectivity index (χ4v) is 3.06. The second kappa shape index (κ2) is 9.44. The zero-order chi connectivity index (χ0) is 18.2. The van der Waals surface area contributed by atoms with Crippen LogP contribution in [0.5, 0.6) is 5.75 Å². The maximum absolute atomic E-state index is 12.0. The lowest BCUT2D eigenvalue weighted by atomic mass is 9.98. The molecule has 0 saturated carbocycles. The Morgan fingerprint density at radius 2 is 2.00 bits per heavy atom. The van der Waals surface area contributed by atoms with Crippen molar-refractivity contribution >= 4 is 11.8 Å². The Bertz CT molecular complexity index is 569. The summed E-state index contributed by atoms with van der Waals surface area (Å²) >= 11 is 0. The predicted molar refractivity (Wildman–Crippen MR) is 98.8 cm³/mol. The second-order valence-corrected chi connectivity index (χ2v) is 7.06. The fraction of sp³-hybridized carbons (Fsp3) is 0.600. The van der Waals surface area contributed by atoms with Crippen molar-refractivity contribution in [3.05, 3.63) is 29.8 Å². The molecule has 5 heteroatoms. The summed E-state index contributed by atoms with van der Waals surface area (Å²) in [6.45, 7) is 8.17. The van der Waals surface area contributed by atoms with Crippen molar-refractivity contribution in [2.75, 3.05) is 19.7 Å². The number of ether oxygens (including phenoxy) is 1. The van der Waals surface area contributed by atoms with Crippen LogP contribution in [0, 0.1) is 5.92 Å². The molecule has 1 unspecified atom stereocenters. The number of rotatable bonds is 7. The molecule has 1 aliphatic rings. The number of hydrogen-bond acceptors (Lipinski definition) is 3. The van der Waals surface area contributed by atoms with Crippen LogP contribution >= 0.6 is 0 Å². The molecule has 1 fully saturated rings. The molecule has 1 N–H and O–H groups in total. The van der Waals surface area contributed by atoms with E-state index in [-0.39, 0.29) is 17.9 Å². The summed E-state index contributed by atoms with van der Waals surface area (Å²) in [7, 11) is 0. The number of likely N-dealkylation sites (tertiary alicyclic amines) is 1. The van der Waals surface area contributed by atoms with Gasteiger partial charge >= 0.3 is 0 Å². The van der Waals surface area contributed by atoms with Crippen LogP contribution in [0.2, 0.25) is 0 Å². The summed E-state index contributed by atoms with van der Waals surface area (Å²) in [5.74, 6) is 1.32. The topological polar surface area (TPSA) is 58.6 Å². The van der Waals surface area contributed by atoms with E-state index in [1.807, 2.05) is 37.8 Å². The third-order valence-corrected chi connectivity index (χ3v) is 4.36. The van der Waals surface area contributed by atoms with Gasteiger partial charge in [0.15, 0.2) is 0 Å². The molecule has 2 rings (SSSR count). The minimum Gasteiger partial charge on any atom is -0.493 e. The average molecular weight is 346 g/mol. The van der Waals surface area contributed by atoms with E-state index in [0.717, 1.165) is 38.1 Å². The van der Waals surface area contributed by atoms with Crippen LogP contribution in [0.15, 0.2) is 24.3 Å². The average Bonchev–Trinajstić information content (AvgIpc) is 2.60. The van der Waals surface area contributed by atoms with E-state index in [4.69, 9.17) is 4.74 Å². The first-order chi connectivity index (χ1) is 12.0. The Balaban J connectivity index is 1.82. The zero-order valence-electron chi connectivity index (χ0n) is 15.6. The van der Waals surface area contributed by atoms with E-state index in [2.05, 4.69) is 5.32 Å². The highest BCUT2D eigenvalue weighted by Crippen LogP contribution is 2.20. The molecule has 0 spiro atoms. The van der Waals surface area contributed by atoms with Crippen molar-refractivity contribution in [3.63, 3.8) is 0 Å². The minimum absolute atomic E-state index is 0.0705. The van der Waals surface area contributed by atoms with Gasteiger partial charge in [-0.25, -0.2) is 0 Å². The predicted octanol–water partition coefficient (Wildman–Crippen LogP) is 3.24. The molecule has 1 saturated heterocycles. The highest BCUT2D eigenvalue weighted by molar-refractivity contribution is 5.94. The van der Waals surface area contributed by atoms with Gasteiger partial charge in [-0.15, -0.1) is 0 Å². The Morgan fingerprint density at radius 3 is 2.64 bits per heavy atom. The van der Waals surface area contributed by atoms with Crippen LogP contribution in [0.25, 0.3) is 0 Å². The van der Waals surface area contributed by atoms with Crippen molar-refractivity contribution in [1.82, 2.24) is 10.2 Å². The van der Waals surface area contributed by atoms with Crippen molar-refractivity contribution in [3.8, 4) is 5.75 Å². The molecule has 0 radical (unpaired) electrons. The van der Waals surface area contributed by atoms with Gasteiger partial charge in [0.25, 0.3) is 5.91 Å². The molecule has 0 bridgehead atoms. The van der Waals surface area contributed by atoms with Gasteiger partial charge in [-0.1, -0.05) is 6.92 Å². The highest BCUT2D eigenvalue weighted by Gasteiger charge is 2.23. The van der Waals surface area contributed by atoms with Crippen molar-refractivity contribution in [2.45, 2.75) is 52.5 Å². The van der Waals surface area contributed by atoms with E-state index in [1.54, 1.807) is 12.1 Å². The number of carbonyl (C=O) groups is 2. The number of nitrogens with one attached hydrogen (secondary N) is 1. The van der Waals surface area contributed by atoms with Crippen LogP contribution in [0.4, 0.5) is 0 Å². The van der Waals surface area contributed by atoms with E-state index in [0.29, 0.717) is 24.5 Å². The summed E-state index contributed by atoms with van der Waals surface area (Å²) in [4.78, 5) is 26.0. The van der Waals surface area contributed by atoms with Gasteiger partial charge in [0.2, 0.25) is 5.91 Å². The van der Waals surface area contributed by atoms with E-state index in [1.165, 1.54) is 0 Å². The van der Waals surface area contributed by atoms with Crippen LogP contribution in [0.1, 0.15) is 56.8 Å². The molecule has 25 heavy (non-hydrogen) atoms. The highest BCUT2D eigenvalue weighted by atomic mass is 16.5. The van der Waals surface area contributed by atoms with E-state index >= 15 is 0 Å². The van der Waals surface area contributed by atoms with Crippen LogP contribution in [0.3, 0.4) is 0 Å². The van der Waals surface area contributed by atoms with Crippen molar-refractivity contribution < 1.29 is 14.3 Å². The quantitative estimate of drug-likeness (QED) is 0.824. The van der Waals surface area contributed by atoms with Crippen molar-refractivity contribution in [1.29, 1.82) is 0 Å². The monoisotopic (exact) mass is 346 g/mol. The van der Waals surface area contributed by atoms with Gasteiger partial charge in [0.1, 0.15) is 5.75 Å². The number of piperidine rings is 1. The number of nitrogens with zero attached hydrogens (tertiary/aromatic N) is 1. The molecule has 1 aromatic rings. The van der Waals surface area contributed by atoms with E-state index in [9.17, 15) is 9.59 Å². The Labute approximate surface area is 150 Å². The molecule has 1 aromatic carbocycles. The molecule has 0 aromatic heterocycles. The third kappa shape index (κ3) is 6.07. The normalized spacial score (nSPS) is 17.4. The second-order valence-electron chi connectivity index (χ2n) is 7.06. The first kappa shape index (κ1) is 19.3.